The molecule has 0 saturated carbocycles. The zero-order valence-electron chi connectivity index (χ0n) is 11.6. The summed E-state index contributed by atoms with van der Waals surface area (Å²) in [5, 5.41) is 4.44. The monoisotopic (exact) mass is 293 g/mol. The minimum absolute atomic E-state index is 0.361. The van der Waals surface area contributed by atoms with Crippen molar-refractivity contribution in [3.05, 3.63) is 56.7 Å². The third-order valence-corrected chi connectivity index (χ3v) is 4.44. The first-order valence-electron chi connectivity index (χ1n) is 6.60. The van der Waals surface area contributed by atoms with E-state index in [1.54, 1.807) is 0 Å². The molecule has 1 atom stereocenters. The number of thiophene rings is 1. The minimum atomic E-state index is 0.361. The fourth-order valence-electron chi connectivity index (χ4n) is 2.20. The Kier molecular flexibility index (Phi) is 5.03. The van der Waals surface area contributed by atoms with E-state index < -0.39 is 0 Å². The molecule has 1 heterocycles. The maximum absolute atomic E-state index is 5.95. The van der Waals surface area contributed by atoms with Crippen molar-refractivity contribution in [3.63, 3.8) is 0 Å². The molecule has 1 N–H and O–H groups in total. The molecule has 1 nitrogen and oxygen atoms in total. The van der Waals surface area contributed by atoms with Gasteiger partial charge in [-0.3, -0.25) is 0 Å². The topological polar surface area (TPSA) is 12.0 Å². The molecule has 1 aromatic carbocycles. The number of aryl methyl sites for hydroxylation is 1. The minimum Gasteiger partial charge on any atom is -0.305 e. The van der Waals surface area contributed by atoms with Crippen molar-refractivity contribution in [2.24, 2.45) is 5.92 Å². The molecule has 0 bridgehead atoms. The van der Waals surface area contributed by atoms with Gasteiger partial charge in [-0.05, 0) is 42.7 Å². The summed E-state index contributed by atoms with van der Waals surface area (Å²) in [6.45, 7) is 7.55. The SMILES string of the molecule is Cc1ccc(CNC(c2ccc(Cl)cc2)C(C)C)s1. The molecule has 0 aliphatic carbocycles. The van der Waals surface area contributed by atoms with Gasteiger partial charge in [0.25, 0.3) is 0 Å². The molecule has 1 aromatic heterocycles. The van der Waals surface area contributed by atoms with Crippen LogP contribution in [0.25, 0.3) is 0 Å². The Hall–Kier alpha value is -0.830. The van der Waals surface area contributed by atoms with Gasteiger partial charge in [0.2, 0.25) is 0 Å². The largest absolute Gasteiger partial charge is 0.305 e. The lowest BCUT2D eigenvalue weighted by atomic mass is 9.96. The van der Waals surface area contributed by atoms with Gasteiger partial charge >= 0.3 is 0 Å². The number of hydrogen-bond acceptors (Lipinski definition) is 2. The van der Waals surface area contributed by atoms with Crippen LogP contribution < -0.4 is 5.32 Å². The fraction of sp³-hybridized carbons (Fsp3) is 0.375. The standard InChI is InChI=1S/C16H20ClNS/c1-11(2)16(13-5-7-14(17)8-6-13)18-10-15-9-4-12(3)19-15/h4-9,11,16,18H,10H2,1-3H3. The fourth-order valence-corrected chi connectivity index (χ4v) is 3.17. The molecule has 0 radical (unpaired) electrons. The second-order valence-electron chi connectivity index (χ2n) is 5.17. The molecule has 0 saturated heterocycles. The van der Waals surface area contributed by atoms with Crippen LogP contribution in [0.4, 0.5) is 0 Å². The molecular weight excluding hydrogens is 274 g/mol. The van der Waals surface area contributed by atoms with Crippen LogP contribution in [0.3, 0.4) is 0 Å². The van der Waals surface area contributed by atoms with Crippen molar-refractivity contribution < 1.29 is 0 Å². The van der Waals surface area contributed by atoms with Gasteiger partial charge in [0, 0.05) is 27.4 Å². The summed E-state index contributed by atoms with van der Waals surface area (Å²) in [5.74, 6) is 0.544. The first-order chi connectivity index (χ1) is 9.06. The molecule has 0 amide bonds. The predicted octanol–water partition coefficient (Wildman–Crippen LogP) is 5.20. The third-order valence-electron chi connectivity index (χ3n) is 3.19. The summed E-state index contributed by atoms with van der Waals surface area (Å²) in [4.78, 5) is 2.75. The van der Waals surface area contributed by atoms with Gasteiger partial charge in [-0.15, -0.1) is 11.3 Å². The van der Waals surface area contributed by atoms with Crippen molar-refractivity contribution >= 4 is 22.9 Å². The van der Waals surface area contributed by atoms with Gasteiger partial charge in [0.15, 0.2) is 0 Å². The van der Waals surface area contributed by atoms with E-state index in [0.29, 0.717) is 12.0 Å². The van der Waals surface area contributed by atoms with E-state index in [0.717, 1.165) is 11.6 Å². The van der Waals surface area contributed by atoms with E-state index >= 15 is 0 Å². The van der Waals surface area contributed by atoms with Gasteiger partial charge in [-0.2, -0.15) is 0 Å². The van der Waals surface area contributed by atoms with Crippen LogP contribution in [-0.4, -0.2) is 0 Å². The highest BCUT2D eigenvalue weighted by Crippen LogP contribution is 2.24. The van der Waals surface area contributed by atoms with E-state index in [2.05, 4.69) is 50.4 Å². The molecule has 0 fully saturated rings. The van der Waals surface area contributed by atoms with Crippen molar-refractivity contribution in [2.75, 3.05) is 0 Å². The van der Waals surface area contributed by atoms with Crippen LogP contribution in [0.5, 0.6) is 0 Å². The second-order valence-corrected chi connectivity index (χ2v) is 6.98. The van der Waals surface area contributed by atoms with Crippen LogP contribution in [0, 0.1) is 12.8 Å². The number of rotatable bonds is 5. The van der Waals surface area contributed by atoms with Crippen molar-refractivity contribution in [1.29, 1.82) is 0 Å². The lowest BCUT2D eigenvalue weighted by Crippen LogP contribution is -2.24. The van der Waals surface area contributed by atoms with Gasteiger partial charge < -0.3 is 5.32 Å². The highest BCUT2D eigenvalue weighted by molar-refractivity contribution is 7.11. The zero-order chi connectivity index (χ0) is 13.8. The molecule has 1 unspecified atom stereocenters. The first-order valence-corrected chi connectivity index (χ1v) is 7.80. The van der Waals surface area contributed by atoms with E-state index in [1.165, 1.54) is 15.3 Å². The molecule has 0 spiro atoms. The molecular formula is C16H20ClNS. The van der Waals surface area contributed by atoms with E-state index in [9.17, 15) is 0 Å². The Morgan fingerprint density at radius 3 is 2.32 bits per heavy atom. The number of benzene rings is 1. The summed E-state index contributed by atoms with van der Waals surface area (Å²) >= 11 is 7.81. The molecule has 2 rings (SSSR count). The molecule has 0 aliphatic rings. The Balaban J connectivity index is 2.06. The Labute approximate surface area is 124 Å². The molecule has 3 heteroatoms. The average Bonchev–Trinajstić information content (AvgIpc) is 2.77. The van der Waals surface area contributed by atoms with Crippen LogP contribution in [0.15, 0.2) is 36.4 Å². The Morgan fingerprint density at radius 1 is 1.11 bits per heavy atom. The van der Waals surface area contributed by atoms with E-state index in [4.69, 9.17) is 11.6 Å². The maximum Gasteiger partial charge on any atom is 0.0406 e. The van der Waals surface area contributed by atoms with Gasteiger partial charge in [0.1, 0.15) is 0 Å². The smallest absolute Gasteiger partial charge is 0.0406 e. The number of hydrogen-bond donors (Lipinski definition) is 1. The lowest BCUT2D eigenvalue weighted by molar-refractivity contribution is 0.412. The predicted molar refractivity (Wildman–Crippen MR) is 84.9 cm³/mol. The van der Waals surface area contributed by atoms with Crippen LogP contribution in [0.2, 0.25) is 5.02 Å². The van der Waals surface area contributed by atoms with Crippen molar-refractivity contribution in [1.82, 2.24) is 5.32 Å². The van der Waals surface area contributed by atoms with Crippen LogP contribution >= 0.6 is 22.9 Å². The summed E-state index contributed by atoms with van der Waals surface area (Å²) in [5.41, 5.74) is 1.30. The lowest BCUT2D eigenvalue weighted by Gasteiger charge is -2.22. The third kappa shape index (κ3) is 4.07. The summed E-state index contributed by atoms with van der Waals surface area (Å²) < 4.78 is 0. The Bertz CT molecular complexity index is 516. The average molecular weight is 294 g/mol. The van der Waals surface area contributed by atoms with Crippen molar-refractivity contribution in [3.8, 4) is 0 Å². The maximum atomic E-state index is 5.95. The van der Waals surface area contributed by atoms with Gasteiger partial charge in [-0.1, -0.05) is 37.6 Å². The second kappa shape index (κ2) is 6.56. The van der Waals surface area contributed by atoms with Gasteiger partial charge in [0.05, 0.1) is 0 Å². The summed E-state index contributed by atoms with van der Waals surface area (Å²) in [6, 6.07) is 12.9. The molecule has 19 heavy (non-hydrogen) atoms. The summed E-state index contributed by atoms with van der Waals surface area (Å²) in [6.07, 6.45) is 0. The van der Waals surface area contributed by atoms with Crippen molar-refractivity contribution in [2.45, 2.75) is 33.4 Å². The highest BCUT2D eigenvalue weighted by Gasteiger charge is 2.15. The number of nitrogens with one attached hydrogen (secondary N) is 1. The summed E-state index contributed by atoms with van der Waals surface area (Å²) in [7, 11) is 0. The number of halogens is 1. The Morgan fingerprint density at radius 2 is 1.79 bits per heavy atom. The molecule has 0 aliphatic heterocycles. The van der Waals surface area contributed by atoms with Crippen LogP contribution in [0.1, 0.15) is 35.2 Å². The first kappa shape index (κ1) is 14.6. The zero-order valence-corrected chi connectivity index (χ0v) is 13.2. The van der Waals surface area contributed by atoms with Gasteiger partial charge in [-0.25, -0.2) is 0 Å². The normalized spacial score (nSPS) is 12.9. The molecule has 2 aromatic rings. The quantitative estimate of drug-likeness (QED) is 0.799. The highest BCUT2D eigenvalue weighted by atomic mass is 35.5. The van der Waals surface area contributed by atoms with E-state index in [-0.39, 0.29) is 0 Å². The van der Waals surface area contributed by atoms with E-state index in [1.807, 2.05) is 23.5 Å². The van der Waals surface area contributed by atoms with Crippen LogP contribution in [-0.2, 0) is 6.54 Å². The molecule has 102 valence electrons.